The zero-order valence-electron chi connectivity index (χ0n) is 16.8. The van der Waals surface area contributed by atoms with E-state index < -0.39 is 0 Å². The van der Waals surface area contributed by atoms with E-state index in [4.69, 9.17) is 16.3 Å². The molecule has 0 aliphatic carbocycles. The van der Waals surface area contributed by atoms with Gasteiger partial charge in [-0.05, 0) is 37.3 Å². The van der Waals surface area contributed by atoms with Gasteiger partial charge in [0.05, 0.1) is 12.2 Å². The maximum absolute atomic E-state index is 12.9. The molecule has 6 nitrogen and oxygen atoms in total. The van der Waals surface area contributed by atoms with E-state index in [1.165, 1.54) is 0 Å². The lowest BCUT2D eigenvalue weighted by atomic mass is 10.2. The Morgan fingerprint density at radius 1 is 1.17 bits per heavy atom. The van der Waals surface area contributed by atoms with Gasteiger partial charge < -0.3 is 9.64 Å². The molecule has 154 valence electrons. The minimum atomic E-state index is 0.0282. The second-order valence-corrected chi connectivity index (χ2v) is 8.26. The minimum absolute atomic E-state index is 0.0282. The minimum Gasteiger partial charge on any atom is -0.489 e. The van der Waals surface area contributed by atoms with Gasteiger partial charge in [-0.15, -0.1) is 0 Å². The highest BCUT2D eigenvalue weighted by Crippen LogP contribution is 2.28. The molecule has 1 aromatic carbocycles. The Morgan fingerprint density at radius 2 is 2.00 bits per heavy atom. The maximum atomic E-state index is 12.9. The highest BCUT2D eigenvalue weighted by Gasteiger charge is 2.26. The quantitative estimate of drug-likeness (QED) is 0.769. The molecule has 1 atom stereocenters. The summed E-state index contributed by atoms with van der Waals surface area (Å²) in [6.45, 7) is 7.94. The first kappa shape index (κ1) is 20.1. The number of ether oxygens (including phenoxy) is 1. The number of hydrogen-bond donors (Lipinski definition) is 0. The predicted molar refractivity (Wildman–Crippen MR) is 113 cm³/mol. The van der Waals surface area contributed by atoms with E-state index in [0.717, 1.165) is 56.3 Å². The zero-order valence-corrected chi connectivity index (χ0v) is 17.5. The monoisotopic (exact) mass is 414 g/mol. The van der Waals surface area contributed by atoms with Crippen molar-refractivity contribution in [1.82, 2.24) is 19.7 Å². The standard InChI is InChI=1S/C22H27ClN4O2/c1-17-13-26(14-18-12-19(23)5-6-21(18)29-17)16-22(28)27-10-8-25(9-11-27)15-20-4-2-3-7-24-20/h2-7,12,17H,8-11,13-16H2,1H3. The molecule has 29 heavy (non-hydrogen) atoms. The van der Waals surface area contributed by atoms with Crippen LogP contribution in [0.25, 0.3) is 0 Å². The first-order chi connectivity index (χ1) is 14.1. The van der Waals surface area contributed by atoms with Gasteiger partial charge in [-0.3, -0.25) is 19.6 Å². The van der Waals surface area contributed by atoms with Crippen molar-refractivity contribution in [3.05, 3.63) is 58.9 Å². The molecule has 0 N–H and O–H groups in total. The van der Waals surface area contributed by atoms with E-state index in [1.54, 1.807) is 0 Å². The molecule has 1 unspecified atom stereocenters. The zero-order chi connectivity index (χ0) is 20.2. The number of hydrogen-bond acceptors (Lipinski definition) is 5. The van der Waals surface area contributed by atoms with Gasteiger partial charge in [0.1, 0.15) is 11.9 Å². The predicted octanol–water partition coefficient (Wildman–Crippen LogP) is 2.66. The number of carbonyl (C=O) groups excluding carboxylic acids is 1. The summed E-state index contributed by atoms with van der Waals surface area (Å²) in [4.78, 5) is 23.8. The van der Waals surface area contributed by atoms with Crippen LogP contribution in [0.5, 0.6) is 5.75 Å². The number of rotatable bonds is 4. The number of aromatic nitrogens is 1. The molecule has 0 spiro atoms. The van der Waals surface area contributed by atoms with Gasteiger partial charge >= 0.3 is 0 Å². The van der Waals surface area contributed by atoms with Crippen molar-refractivity contribution in [3.63, 3.8) is 0 Å². The van der Waals surface area contributed by atoms with Crippen LogP contribution in [-0.2, 0) is 17.9 Å². The van der Waals surface area contributed by atoms with Crippen LogP contribution in [0.4, 0.5) is 0 Å². The summed E-state index contributed by atoms with van der Waals surface area (Å²) in [5.74, 6) is 1.04. The molecular formula is C22H27ClN4O2. The smallest absolute Gasteiger partial charge is 0.236 e. The molecule has 1 aromatic heterocycles. The van der Waals surface area contributed by atoms with E-state index >= 15 is 0 Å². The second-order valence-electron chi connectivity index (χ2n) is 7.83. The van der Waals surface area contributed by atoms with Crippen LogP contribution in [-0.4, -0.2) is 71.0 Å². The van der Waals surface area contributed by atoms with Crippen molar-refractivity contribution in [3.8, 4) is 5.75 Å². The van der Waals surface area contributed by atoms with Crippen molar-refractivity contribution in [1.29, 1.82) is 0 Å². The van der Waals surface area contributed by atoms with Crippen LogP contribution < -0.4 is 4.74 Å². The van der Waals surface area contributed by atoms with Crippen molar-refractivity contribution < 1.29 is 9.53 Å². The number of fused-ring (bicyclic) bond motifs is 1. The van der Waals surface area contributed by atoms with Gasteiger partial charge in [-0.25, -0.2) is 0 Å². The highest BCUT2D eigenvalue weighted by atomic mass is 35.5. The summed E-state index contributed by atoms with van der Waals surface area (Å²) in [5, 5.41) is 0.692. The van der Waals surface area contributed by atoms with E-state index in [1.807, 2.05) is 54.4 Å². The third-order valence-corrected chi connectivity index (χ3v) is 5.69. The average Bonchev–Trinajstić information content (AvgIpc) is 2.86. The number of benzene rings is 1. The molecule has 3 heterocycles. The van der Waals surface area contributed by atoms with Crippen LogP contribution in [0.15, 0.2) is 42.6 Å². The molecule has 1 fully saturated rings. The highest BCUT2D eigenvalue weighted by molar-refractivity contribution is 6.30. The molecule has 0 saturated carbocycles. The summed E-state index contributed by atoms with van der Waals surface area (Å²) in [7, 11) is 0. The Hall–Kier alpha value is -2.15. The average molecular weight is 415 g/mol. The SMILES string of the molecule is CC1CN(CC(=O)N2CCN(Cc3ccccn3)CC2)Cc2cc(Cl)ccc2O1. The maximum Gasteiger partial charge on any atom is 0.236 e. The van der Waals surface area contributed by atoms with Gasteiger partial charge in [0, 0.05) is 62.6 Å². The number of pyridine rings is 1. The van der Waals surface area contributed by atoms with E-state index in [-0.39, 0.29) is 12.0 Å². The van der Waals surface area contributed by atoms with Crippen molar-refractivity contribution in [2.45, 2.75) is 26.1 Å². The molecule has 7 heteroatoms. The largest absolute Gasteiger partial charge is 0.489 e. The Labute approximate surface area is 177 Å². The third kappa shape index (κ3) is 5.26. The number of piperazine rings is 1. The molecule has 2 aliphatic heterocycles. The Balaban J connectivity index is 1.31. The van der Waals surface area contributed by atoms with E-state index in [9.17, 15) is 4.79 Å². The molecule has 0 bridgehead atoms. The van der Waals surface area contributed by atoms with Crippen LogP contribution >= 0.6 is 11.6 Å². The van der Waals surface area contributed by atoms with Crippen LogP contribution in [0.1, 0.15) is 18.2 Å². The third-order valence-electron chi connectivity index (χ3n) is 5.46. The van der Waals surface area contributed by atoms with Crippen molar-refractivity contribution >= 4 is 17.5 Å². The van der Waals surface area contributed by atoms with Gasteiger partial charge in [0.2, 0.25) is 5.91 Å². The van der Waals surface area contributed by atoms with E-state index in [0.29, 0.717) is 18.1 Å². The summed E-state index contributed by atoms with van der Waals surface area (Å²) >= 11 is 6.15. The Kier molecular flexibility index (Phi) is 6.33. The molecule has 4 rings (SSSR count). The summed E-state index contributed by atoms with van der Waals surface area (Å²) in [6.07, 6.45) is 1.85. The lowest BCUT2D eigenvalue weighted by molar-refractivity contribution is -0.134. The van der Waals surface area contributed by atoms with Crippen LogP contribution in [0.2, 0.25) is 5.02 Å². The lowest BCUT2D eigenvalue weighted by Gasteiger charge is -2.35. The Bertz CT molecular complexity index is 840. The Morgan fingerprint density at radius 3 is 2.76 bits per heavy atom. The topological polar surface area (TPSA) is 48.9 Å². The van der Waals surface area contributed by atoms with Crippen molar-refractivity contribution in [2.75, 3.05) is 39.3 Å². The fourth-order valence-corrected chi connectivity index (χ4v) is 4.19. The molecule has 1 saturated heterocycles. The lowest BCUT2D eigenvalue weighted by Crippen LogP contribution is -2.51. The fourth-order valence-electron chi connectivity index (χ4n) is 4.00. The van der Waals surface area contributed by atoms with Gasteiger partial charge in [0.15, 0.2) is 0 Å². The number of nitrogens with zero attached hydrogens (tertiary/aromatic N) is 4. The van der Waals surface area contributed by atoms with Gasteiger partial charge in [-0.2, -0.15) is 0 Å². The number of carbonyl (C=O) groups is 1. The molecule has 1 amide bonds. The normalized spacial score (nSPS) is 20.6. The number of halogens is 1. The fraction of sp³-hybridized carbons (Fsp3) is 0.455. The molecule has 2 aromatic rings. The van der Waals surface area contributed by atoms with Crippen molar-refractivity contribution in [2.24, 2.45) is 0 Å². The van der Waals surface area contributed by atoms with Gasteiger partial charge in [0.25, 0.3) is 0 Å². The summed E-state index contributed by atoms with van der Waals surface area (Å²) in [6, 6.07) is 11.7. The first-order valence-corrected chi connectivity index (χ1v) is 10.5. The summed E-state index contributed by atoms with van der Waals surface area (Å²) in [5.41, 5.74) is 2.11. The van der Waals surface area contributed by atoms with Crippen LogP contribution in [0.3, 0.4) is 0 Å². The second kappa shape index (κ2) is 9.11. The number of amides is 1. The molecular weight excluding hydrogens is 388 g/mol. The van der Waals surface area contributed by atoms with E-state index in [2.05, 4.69) is 14.8 Å². The molecule has 0 radical (unpaired) electrons. The van der Waals surface area contributed by atoms with Crippen LogP contribution in [0, 0.1) is 0 Å². The summed E-state index contributed by atoms with van der Waals surface area (Å²) < 4.78 is 6.00. The molecule has 2 aliphatic rings. The van der Waals surface area contributed by atoms with Gasteiger partial charge in [-0.1, -0.05) is 17.7 Å². The first-order valence-electron chi connectivity index (χ1n) is 10.1.